The molecule has 3 aromatic rings. The summed E-state index contributed by atoms with van der Waals surface area (Å²) in [5, 5.41) is 0. The molecule has 0 heteroatoms. The van der Waals surface area contributed by atoms with Gasteiger partial charge < -0.3 is 0 Å². The van der Waals surface area contributed by atoms with E-state index in [0.717, 1.165) is 41.4 Å². The van der Waals surface area contributed by atoms with E-state index in [4.69, 9.17) is 0 Å². The molecule has 0 aliphatic heterocycles. The Balaban J connectivity index is 1.09. The summed E-state index contributed by atoms with van der Waals surface area (Å²) in [6, 6.07) is 28.0. The van der Waals surface area contributed by atoms with Crippen molar-refractivity contribution in [1.29, 1.82) is 0 Å². The zero-order valence-electron chi connectivity index (χ0n) is 35.0. The molecule has 9 rings (SSSR count). The molecule has 6 aliphatic carbocycles. The molecule has 0 nitrogen and oxygen atoms in total. The summed E-state index contributed by atoms with van der Waals surface area (Å²) in [7, 11) is 0. The number of benzene rings is 3. The van der Waals surface area contributed by atoms with E-state index in [1.807, 2.05) is 0 Å². The molecule has 6 saturated carbocycles. The molecule has 3 unspecified atom stereocenters. The first-order valence-electron chi connectivity index (χ1n) is 24.5. The lowest BCUT2D eigenvalue weighted by molar-refractivity contribution is 0.185. The van der Waals surface area contributed by atoms with Gasteiger partial charge in [0.15, 0.2) is 0 Å². The summed E-state index contributed by atoms with van der Waals surface area (Å²) < 4.78 is 0. The Morgan fingerprint density at radius 3 is 1.51 bits per heavy atom. The average Bonchev–Trinajstić information content (AvgIpc) is 3.27. The lowest BCUT2D eigenvalue weighted by Crippen LogP contribution is -2.24. The fourth-order valence-electron chi connectivity index (χ4n) is 14.1. The van der Waals surface area contributed by atoms with Gasteiger partial charge in [-0.25, -0.2) is 0 Å². The molecular formula is C55H76. The molecule has 0 N–H and O–H groups in total. The number of rotatable bonds is 8. The quantitative estimate of drug-likeness (QED) is 0.216. The predicted octanol–water partition coefficient (Wildman–Crippen LogP) is 16.8. The maximum Gasteiger partial charge on any atom is -0.00906 e. The van der Waals surface area contributed by atoms with Gasteiger partial charge in [-0.2, -0.15) is 0 Å². The van der Waals surface area contributed by atoms with Crippen LogP contribution in [0.15, 0.2) is 66.7 Å². The van der Waals surface area contributed by atoms with Crippen molar-refractivity contribution >= 4 is 0 Å². The first-order valence-corrected chi connectivity index (χ1v) is 24.5. The summed E-state index contributed by atoms with van der Waals surface area (Å²) >= 11 is 0. The van der Waals surface area contributed by atoms with Crippen molar-refractivity contribution in [2.45, 2.75) is 203 Å². The monoisotopic (exact) mass is 737 g/mol. The Morgan fingerprint density at radius 1 is 0.345 bits per heavy atom. The third-order valence-electron chi connectivity index (χ3n) is 17.3. The van der Waals surface area contributed by atoms with E-state index in [1.165, 1.54) is 167 Å². The van der Waals surface area contributed by atoms with Gasteiger partial charge in [-0.1, -0.05) is 164 Å². The molecule has 0 amide bonds. The molecule has 3 aromatic carbocycles. The number of hydrogen-bond acceptors (Lipinski definition) is 0. The van der Waals surface area contributed by atoms with Crippen LogP contribution in [0.2, 0.25) is 0 Å². The van der Waals surface area contributed by atoms with Gasteiger partial charge in [0.1, 0.15) is 0 Å². The summed E-state index contributed by atoms with van der Waals surface area (Å²) in [5.74, 6) is 8.27. The summed E-state index contributed by atoms with van der Waals surface area (Å²) in [6.45, 7) is 2.51. The zero-order chi connectivity index (χ0) is 37.0. The summed E-state index contributed by atoms with van der Waals surface area (Å²) in [5.41, 5.74) is 11.7. The predicted molar refractivity (Wildman–Crippen MR) is 235 cm³/mol. The Bertz CT molecular complexity index is 1630. The lowest BCUT2D eigenvalue weighted by atomic mass is 9.66. The summed E-state index contributed by atoms with van der Waals surface area (Å²) in [6.07, 6.45) is 37.6. The molecule has 6 fully saturated rings. The molecule has 0 saturated heterocycles. The minimum absolute atomic E-state index is 0.615. The van der Waals surface area contributed by atoms with Gasteiger partial charge in [-0.3, -0.25) is 0 Å². The highest BCUT2D eigenvalue weighted by atomic mass is 14.4. The number of hydrogen-bond donors (Lipinski definition) is 0. The average molecular weight is 737 g/mol. The molecule has 296 valence electrons. The maximum atomic E-state index is 2.82. The van der Waals surface area contributed by atoms with Crippen molar-refractivity contribution in [2.75, 3.05) is 0 Å². The van der Waals surface area contributed by atoms with Gasteiger partial charge >= 0.3 is 0 Å². The van der Waals surface area contributed by atoms with E-state index in [9.17, 15) is 0 Å². The van der Waals surface area contributed by atoms with Crippen LogP contribution in [0.25, 0.3) is 11.1 Å². The van der Waals surface area contributed by atoms with Crippen molar-refractivity contribution in [3.8, 4) is 11.1 Å². The van der Waals surface area contributed by atoms with Crippen LogP contribution < -0.4 is 0 Å². The highest BCUT2D eigenvalue weighted by Gasteiger charge is 2.35. The Hall–Kier alpha value is -2.34. The Labute approximate surface area is 337 Å². The van der Waals surface area contributed by atoms with E-state index >= 15 is 0 Å². The molecule has 0 heterocycles. The van der Waals surface area contributed by atoms with Crippen molar-refractivity contribution in [1.82, 2.24) is 0 Å². The van der Waals surface area contributed by atoms with Gasteiger partial charge in [0.05, 0.1) is 0 Å². The molecule has 0 spiro atoms. The normalized spacial score (nSPS) is 32.0. The second-order valence-electron chi connectivity index (χ2n) is 20.6. The first-order chi connectivity index (χ1) is 27.2. The standard InChI is InChI=1S/C55H76/c1-39-22-33-51(53(36-39)45-20-12-5-13-21-45)49-32-34-50(46-27-23-43(24-28-46)40-14-6-2-7-15-40)55(38-49)52-35-31-48(42-18-10-4-11-19-42)37-54(52)47-29-25-44(26-30-47)41-16-8-3-9-17-41/h5,12-13,20-21,31-32,34-35,37-44,46-47,51,53H,2-4,6-11,14-19,22-30,33,36H2,1H3. The minimum atomic E-state index is 0.615. The van der Waals surface area contributed by atoms with Crippen LogP contribution in [-0.4, -0.2) is 0 Å². The van der Waals surface area contributed by atoms with Gasteiger partial charge in [0, 0.05) is 0 Å². The van der Waals surface area contributed by atoms with E-state index in [0.29, 0.717) is 17.8 Å². The van der Waals surface area contributed by atoms with Crippen molar-refractivity contribution in [3.05, 3.63) is 94.5 Å². The van der Waals surface area contributed by atoms with Crippen LogP contribution >= 0.6 is 0 Å². The Morgan fingerprint density at radius 2 is 0.891 bits per heavy atom. The summed E-state index contributed by atoms with van der Waals surface area (Å²) in [4.78, 5) is 0. The van der Waals surface area contributed by atoms with E-state index < -0.39 is 0 Å². The SMILES string of the molecule is CC1CCC(c2ccc(C3CCC(C4CCCCC4)CC3)c(-c3ccc(C4CCCCC4)cc3C3CCC(C4CCCCC4)CC3)c2)C(c2ccccc2)C1. The van der Waals surface area contributed by atoms with Crippen LogP contribution in [0.1, 0.15) is 231 Å². The molecule has 6 aliphatic rings. The molecule has 0 bridgehead atoms. The molecule has 3 atom stereocenters. The second-order valence-corrected chi connectivity index (χ2v) is 20.6. The van der Waals surface area contributed by atoms with E-state index in [-0.39, 0.29) is 0 Å². The van der Waals surface area contributed by atoms with Gasteiger partial charge in [0.25, 0.3) is 0 Å². The van der Waals surface area contributed by atoms with Crippen LogP contribution in [0, 0.1) is 29.6 Å². The van der Waals surface area contributed by atoms with Crippen LogP contribution in [0.4, 0.5) is 0 Å². The smallest absolute Gasteiger partial charge is 0.00906 e. The van der Waals surface area contributed by atoms with Crippen LogP contribution in [0.5, 0.6) is 0 Å². The third-order valence-corrected chi connectivity index (χ3v) is 17.3. The van der Waals surface area contributed by atoms with Crippen LogP contribution in [0.3, 0.4) is 0 Å². The first kappa shape index (κ1) is 38.2. The Kier molecular flexibility index (Phi) is 12.5. The zero-order valence-corrected chi connectivity index (χ0v) is 35.0. The van der Waals surface area contributed by atoms with E-state index in [1.54, 1.807) is 38.9 Å². The lowest BCUT2D eigenvalue weighted by Gasteiger charge is -2.38. The van der Waals surface area contributed by atoms with Crippen molar-refractivity contribution < 1.29 is 0 Å². The van der Waals surface area contributed by atoms with Crippen molar-refractivity contribution in [2.24, 2.45) is 29.6 Å². The molecule has 55 heavy (non-hydrogen) atoms. The minimum Gasteiger partial charge on any atom is -0.0625 e. The topological polar surface area (TPSA) is 0 Å². The van der Waals surface area contributed by atoms with Crippen molar-refractivity contribution in [3.63, 3.8) is 0 Å². The highest BCUT2D eigenvalue weighted by molar-refractivity contribution is 5.74. The van der Waals surface area contributed by atoms with E-state index in [2.05, 4.69) is 73.7 Å². The van der Waals surface area contributed by atoms with Gasteiger partial charge in [0.2, 0.25) is 0 Å². The largest absolute Gasteiger partial charge is 0.0625 e. The van der Waals surface area contributed by atoms with Gasteiger partial charge in [-0.05, 0) is 175 Å². The highest BCUT2D eigenvalue weighted by Crippen LogP contribution is 2.52. The second kappa shape index (κ2) is 18.1. The third kappa shape index (κ3) is 8.75. The maximum absolute atomic E-state index is 2.82. The molecule has 0 radical (unpaired) electrons. The fraction of sp³-hybridized carbons (Fsp3) is 0.673. The van der Waals surface area contributed by atoms with Crippen LogP contribution in [-0.2, 0) is 0 Å². The molecular weight excluding hydrogens is 661 g/mol. The molecule has 0 aromatic heterocycles. The fourth-order valence-corrected chi connectivity index (χ4v) is 14.1. The van der Waals surface area contributed by atoms with Gasteiger partial charge in [-0.15, -0.1) is 0 Å².